The molecule has 7 unspecified atom stereocenters. The monoisotopic (exact) mass is 492 g/mol. The van der Waals surface area contributed by atoms with E-state index in [1.807, 2.05) is 27.7 Å². The van der Waals surface area contributed by atoms with E-state index in [1.54, 1.807) is 0 Å². The smallest absolute Gasteiger partial charge is 0.320 e. The molecule has 202 valence electrons. The fourth-order valence-electron chi connectivity index (χ4n) is 8.53. The number of methoxy groups -OCH3 is 2. The molecule has 0 radical (unpaired) electrons. The molecule has 4 aliphatic rings. The van der Waals surface area contributed by atoms with Gasteiger partial charge in [-0.15, -0.1) is 0 Å². The second kappa shape index (κ2) is 12.7. The highest BCUT2D eigenvalue weighted by Crippen LogP contribution is 2.67. The fraction of sp³-hybridized carbons (Fsp3) is 0.900. The molecule has 0 spiro atoms. The Labute approximate surface area is 214 Å². The lowest BCUT2D eigenvalue weighted by Crippen LogP contribution is -2.56. The predicted molar refractivity (Wildman–Crippen MR) is 140 cm³/mol. The first-order chi connectivity index (χ1) is 16.8. The zero-order valence-electron chi connectivity index (χ0n) is 23.8. The Bertz CT molecular complexity index is 716. The Morgan fingerprint density at radius 1 is 0.857 bits per heavy atom. The molecule has 35 heavy (non-hydrogen) atoms. The number of ether oxygens (including phenoxy) is 2. The van der Waals surface area contributed by atoms with Gasteiger partial charge in [0, 0.05) is 12.3 Å². The lowest BCUT2D eigenvalue weighted by Gasteiger charge is -2.59. The van der Waals surface area contributed by atoms with Crippen LogP contribution in [0.4, 0.5) is 0 Å². The van der Waals surface area contributed by atoms with Gasteiger partial charge in [0.05, 0.1) is 14.2 Å². The average Bonchev–Trinajstić information content (AvgIpc) is 3.22. The first-order valence-corrected chi connectivity index (χ1v) is 14.4. The van der Waals surface area contributed by atoms with Crippen molar-refractivity contribution < 1.29 is 23.9 Å². The molecular formula is C30H52O5. The van der Waals surface area contributed by atoms with Crippen LogP contribution >= 0.6 is 0 Å². The van der Waals surface area contributed by atoms with E-state index < -0.39 is 17.9 Å². The Hall–Kier alpha value is -1.39. The van der Waals surface area contributed by atoms with Crippen molar-refractivity contribution in [1.82, 2.24) is 0 Å². The number of Topliss-reactive ketones (excluding diaryl/α,β-unsaturated/α-hetero) is 1. The van der Waals surface area contributed by atoms with Crippen LogP contribution in [0.25, 0.3) is 0 Å². The number of fused-ring (bicyclic) bond motifs is 5. The van der Waals surface area contributed by atoms with Crippen molar-refractivity contribution in [2.45, 2.75) is 112 Å². The Morgan fingerprint density at radius 3 is 2.06 bits per heavy atom. The van der Waals surface area contributed by atoms with Gasteiger partial charge < -0.3 is 9.47 Å². The summed E-state index contributed by atoms with van der Waals surface area (Å²) in [5.41, 5.74) is 0.475. The number of carbonyl (C=O) groups is 3. The minimum Gasteiger partial charge on any atom is -0.468 e. The van der Waals surface area contributed by atoms with Crippen molar-refractivity contribution in [1.29, 1.82) is 0 Å². The van der Waals surface area contributed by atoms with Gasteiger partial charge in [0.2, 0.25) is 0 Å². The van der Waals surface area contributed by atoms with E-state index in [-0.39, 0.29) is 11.3 Å². The molecule has 0 amide bonds. The molecule has 7 atom stereocenters. The molecule has 4 saturated carbocycles. The van der Waals surface area contributed by atoms with Crippen LogP contribution in [0, 0.1) is 46.3 Å². The molecule has 0 heterocycles. The van der Waals surface area contributed by atoms with Gasteiger partial charge >= 0.3 is 11.9 Å². The summed E-state index contributed by atoms with van der Waals surface area (Å²) < 4.78 is 9.69. The lowest BCUT2D eigenvalue weighted by molar-refractivity contribution is -0.159. The first-order valence-electron chi connectivity index (χ1n) is 14.4. The molecule has 0 saturated heterocycles. The fourth-order valence-corrected chi connectivity index (χ4v) is 8.53. The average molecular weight is 493 g/mol. The summed E-state index contributed by atoms with van der Waals surface area (Å²) in [7, 11) is 2.64. The van der Waals surface area contributed by atoms with Crippen LogP contribution in [0.5, 0.6) is 0 Å². The lowest BCUT2D eigenvalue weighted by atomic mass is 9.44. The van der Waals surface area contributed by atoms with E-state index in [1.165, 1.54) is 46.3 Å². The van der Waals surface area contributed by atoms with Crippen molar-refractivity contribution in [3.63, 3.8) is 0 Å². The summed E-state index contributed by atoms with van der Waals surface area (Å²) in [6.07, 6.45) is 11.7. The van der Waals surface area contributed by atoms with Crippen LogP contribution in [0.2, 0.25) is 0 Å². The third kappa shape index (κ3) is 5.49. The molecule has 0 aliphatic heterocycles. The van der Waals surface area contributed by atoms with Gasteiger partial charge in [-0.3, -0.25) is 14.4 Å². The SMILES string of the molecule is CC.CC.COC(=O)C(CCC1CCC2C3C(=O)CC4CCCCC4(C)C3CCC12C)C(=O)OC. The highest BCUT2D eigenvalue weighted by atomic mass is 16.5. The van der Waals surface area contributed by atoms with E-state index in [9.17, 15) is 14.4 Å². The van der Waals surface area contributed by atoms with E-state index in [0.29, 0.717) is 41.3 Å². The van der Waals surface area contributed by atoms with Crippen molar-refractivity contribution >= 4 is 17.7 Å². The van der Waals surface area contributed by atoms with Crippen LogP contribution in [0.15, 0.2) is 0 Å². The highest BCUT2D eigenvalue weighted by Gasteiger charge is 2.62. The molecule has 0 aromatic rings. The standard InChI is InChI=1S/C26H40O5.2C2H6/c1-25-13-6-5-7-17(25)15-21(27)22-19-11-9-16(26(19,2)14-12-20(22)25)8-10-18(23(28)30-3)24(29)31-4;2*1-2/h16-20,22H,5-15H2,1-4H3;2*1-2H3. The second-order valence-electron chi connectivity index (χ2n) is 11.4. The van der Waals surface area contributed by atoms with Crippen molar-refractivity contribution in [2.75, 3.05) is 14.2 Å². The number of hydrogen-bond donors (Lipinski definition) is 0. The number of esters is 2. The predicted octanol–water partition coefficient (Wildman–Crippen LogP) is 7.01. The molecule has 0 N–H and O–H groups in total. The Balaban J connectivity index is 0.00000103. The maximum atomic E-state index is 13.4. The molecule has 4 rings (SSSR count). The van der Waals surface area contributed by atoms with Gasteiger partial charge in [-0.05, 0) is 85.9 Å². The van der Waals surface area contributed by atoms with E-state index >= 15 is 0 Å². The summed E-state index contributed by atoms with van der Waals surface area (Å²) in [5.74, 6) is 0.951. The van der Waals surface area contributed by atoms with Crippen LogP contribution < -0.4 is 0 Å². The minimum absolute atomic E-state index is 0.130. The molecule has 0 bridgehead atoms. The third-order valence-electron chi connectivity index (χ3n) is 10.4. The highest BCUT2D eigenvalue weighted by molar-refractivity contribution is 5.94. The minimum atomic E-state index is -0.841. The molecule has 5 heteroatoms. The van der Waals surface area contributed by atoms with E-state index in [2.05, 4.69) is 13.8 Å². The van der Waals surface area contributed by atoms with Crippen molar-refractivity contribution in [3.05, 3.63) is 0 Å². The Kier molecular flexibility index (Phi) is 10.8. The summed E-state index contributed by atoms with van der Waals surface area (Å²) >= 11 is 0. The van der Waals surface area contributed by atoms with Crippen LogP contribution in [-0.2, 0) is 23.9 Å². The zero-order chi connectivity index (χ0) is 26.4. The van der Waals surface area contributed by atoms with Crippen LogP contribution in [0.3, 0.4) is 0 Å². The van der Waals surface area contributed by atoms with Gasteiger partial charge in [-0.2, -0.15) is 0 Å². The van der Waals surface area contributed by atoms with Gasteiger partial charge in [-0.1, -0.05) is 54.4 Å². The summed E-state index contributed by atoms with van der Waals surface area (Å²) in [6, 6.07) is 0. The largest absolute Gasteiger partial charge is 0.468 e. The normalized spacial score (nSPS) is 37.4. The molecule has 0 aromatic carbocycles. The molecular weight excluding hydrogens is 440 g/mol. The maximum Gasteiger partial charge on any atom is 0.320 e. The maximum absolute atomic E-state index is 13.4. The van der Waals surface area contributed by atoms with Crippen molar-refractivity contribution in [3.8, 4) is 0 Å². The summed E-state index contributed by atoms with van der Waals surface area (Å²) in [6.45, 7) is 12.9. The van der Waals surface area contributed by atoms with Crippen LogP contribution in [-0.4, -0.2) is 31.9 Å². The van der Waals surface area contributed by atoms with E-state index in [4.69, 9.17) is 9.47 Å². The molecule has 0 aromatic heterocycles. The number of carbonyl (C=O) groups excluding carboxylic acids is 3. The van der Waals surface area contributed by atoms with Gasteiger partial charge in [0.1, 0.15) is 5.78 Å². The number of hydrogen-bond acceptors (Lipinski definition) is 5. The number of rotatable bonds is 5. The van der Waals surface area contributed by atoms with Crippen molar-refractivity contribution in [2.24, 2.45) is 46.3 Å². The quantitative estimate of drug-likeness (QED) is 0.305. The first kappa shape index (κ1) is 29.8. The third-order valence-corrected chi connectivity index (χ3v) is 10.4. The topological polar surface area (TPSA) is 69.7 Å². The summed E-state index contributed by atoms with van der Waals surface area (Å²) in [5, 5.41) is 0. The van der Waals surface area contributed by atoms with Gasteiger partial charge in [0.15, 0.2) is 5.92 Å². The number of ketones is 1. The van der Waals surface area contributed by atoms with Gasteiger partial charge in [-0.25, -0.2) is 0 Å². The molecule has 4 fully saturated rings. The van der Waals surface area contributed by atoms with Crippen LogP contribution in [0.1, 0.15) is 112 Å². The molecule has 5 nitrogen and oxygen atoms in total. The summed E-state index contributed by atoms with van der Waals surface area (Å²) in [4.78, 5) is 37.6. The zero-order valence-corrected chi connectivity index (χ0v) is 23.8. The Morgan fingerprint density at radius 2 is 1.46 bits per heavy atom. The van der Waals surface area contributed by atoms with Gasteiger partial charge in [0.25, 0.3) is 0 Å². The second-order valence-corrected chi connectivity index (χ2v) is 11.4. The molecule has 4 aliphatic carbocycles. The van der Waals surface area contributed by atoms with E-state index in [0.717, 1.165) is 32.1 Å².